The van der Waals surface area contributed by atoms with E-state index < -0.39 is 11.9 Å². The molecule has 0 atom stereocenters. The van der Waals surface area contributed by atoms with Gasteiger partial charge in [-0.05, 0) is 107 Å². The van der Waals surface area contributed by atoms with Crippen molar-refractivity contribution >= 4 is 17.7 Å². The molecular weight excluding hydrogens is 408 g/mol. The molecule has 0 spiro atoms. The number of hydrogen-bond donors (Lipinski definition) is 2. The molecule has 7 nitrogen and oxygen atoms in total. The van der Waals surface area contributed by atoms with Crippen molar-refractivity contribution in [3.05, 3.63) is 57.6 Å². The van der Waals surface area contributed by atoms with Gasteiger partial charge < -0.3 is 20.0 Å². The highest BCUT2D eigenvalue weighted by Gasteiger charge is 2.34. The van der Waals surface area contributed by atoms with Crippen LogP contribution < -0.4 is 0 Å². The van der Waals surface area contributed by atoms with Gasteiger partial charge in [-0.15, -0.1) is 0 Å². The van der Waals surface area contributed by atoms with E-state index in [4.69, 9.17) is 0 Å². The van der Waals surface area contributed by atoms with E-state index >= 15 is 0 Å². The van der Waals surface area contributed by atoms with Crippen molar-refractivity contribution in [2.75, 3.05) is 41.3 Å². The Kier molecular flexibility index (Phi) is 7.11. The van der Waals surface area contributed by atoms with Gasteiger partial charge >= 0.3 is 11.9 Å². The van der Waals surface area contributed by atoms with Crippen molar-refractivity contribution in [1.82, 2.24) is 9.80 Å². The first-order valence-electron chi connectivity index (χ1n) is 10.8. The Labute approximate surface area is 188 Å². The third-order valence-electron chi connectivity index (χ3n) is 5.84. The molecule has 0 heterocycles. The molecule has 0 amide bonds. The van der Waals surface area contributed by atoms with Gasteiger partial charge in [-0.25, -0.2) is 9.59 Å². The van der Waals surface area contributed by atoms with E-state index in [2.05, 4.69) is 4.90 Å². The molecule has 170 valence electrons. The molecule has 2 N–H and O–H groups in total. The molecule has 0 fully saturated rings. The number of aromatic carboxylic acids is 2. The van der Waals surface area contributed by atoms with Gasteiger partial charge in [0.1, 0.15) is 0 Å². The zero-order valence-electron chi connectivity index (χ0n) is 19.1. The van der Waals surface area contributed by atoms with Crippen LogP contribution in [0.5, 0.6) is 0 Å². The summed E-state index contributed by atoms with van der Waals surface area (Å²) < 4.78 is 0. The highest BCUT2D eigenvalue weighted by molar-refractivity contribution is 6.24. The lowest BCUT2D eigenvalue weighted by Crippen LogP contribution is -2.18. The summed E-state index contributed by atoms with van der Waals surface area (Å²) in [7, 11) is 7.86. The Bertz CT molecular complexity index is 1070. The number of benzene rings is 2. The summed E-state index contributed by atoms with van der Waals surface area (Å²) in [6, 6.07) is 6.38. The maximum Gasteiger partial charge on any atom is 0.336 e. The Morgan fingerprint density at radius 3 is 2.00 bits per heavy atom. The molecule has 7 heteroatoms. The quantitative estimate of drug-likeness (QED) is 0.501. The Hall–Kier alpha value is -3.03. The molecule has 2 aromatic rings. The molecule has 0 unspecified atom stereocenters. The molecule has 3 rings (SSSR count). The van der Waals surface area contributed by atoms with Crippen LogP contribution >= 0.6 is 0 Å². The maximum atomic E-state index is 13.4. The number of hydrogen-bond acceptors (Lipinski definition) is 5. The number of carboxylic acid groups (broad SMARTS) is 2. The summed E-state index contributed by atoms with van der Waals surface area (Å²) in [4.78, 5) is 41.2. The van der Waals surface area contributed by atoms with Crippen molar-refractivity contribution in [3.8, 4) is 11.1 Å². The van der Waals surface area contributed by atoms with Crippen LogP contribution in [-0.2, 0) is 12.8 Å². The van der Waals surface area contributed by atoms with E-state index in [1.54, 1.807) is 6.07 Å². The van der Waals surface area contributed by atoms with Crippen molar-refractivity contribution in [2.45, 2.75) is 25.7 Å². The number of aryl methyl sites for hydroxylation is 1. The fourth-order valence-corrected chi connectivity index (χ4v) is 4.38. The van der Waals surface area contributed by atoms with Crippen LogP contribution in [0.15, 0.2) is 24.3 Å². The number of fused-ring (bicyclic) bond motifs is 3. The van der Waals surface area contributed by atoms with Gasteiger partial charge in [0.15, 0.2) is 5.78 Å². The minimum atomic E-state index is -1.10. The Morgan fingerprint density at radius 2 is 1.44 bits per heavy atom. The number of carbonyl (C=O) groups excluding carboxylic acids is 1. The smallest absolute Gasteiger partial charge is 0.336 e. The molecule has 0 aromatic heterocycles. The monoisotopic (exact) mass is 438 g/mol. The highest BCUT2D eigenvalue weighted by Crippen LogP contribution is 2.42. The standard InChI is InChI=1S/C25H30N2O5/c1-26(2)11-5-7-15-13-19-17-10-9-16(24(29)30)14-20(17)23(28)22(19)18(21(15)25(31)32)8-6-12-27(3)4/h9-10,13-14H,5-8,11-12H2,1-4H3,(H,29,30)(H,31,32). The molecule has 1 aliphatic rings. The zero-order valence-corrected chi connectivity index (χ0v) is 19.1. The summed E-state index contributed by atoms with van der Waals surface area (Å²) in [5.74, 6) is -2.42. The van der Waals surface area contributed by atoms with Gasteiger partial charge in [-0.1, -0.05) is 6.07 Å². The van der Waals surface area contributed by atoms with Crippen LogP contribution in [0.3, 0.4) is 0 Å². The van der Waals surface area contributed by atoms with Crippen LogP contribution in [-0.4, -0.2) is 79.0 Å². The first-order chi connectivity index (χ1) is 15.1. The normalized spacial score (nSPS) is 12.4. The van der Waals surface area contributed by atoms with Crippen LogP contribution in [0.2, 0.25) is 0 Å². The first-order valence-corrected chi connectivity index (χ1v) is 10.8. The van der Waals surface area contributed by atoms with Gasteiger partial charge in [-0.3, -0.25) is 4.79 Å². The number of carboxylic acids is 2. The van der Waals surface area contributed by atoms with Crippen molar-refractivity contribution < 1.29 is 24.6 Å². The molecule has 32 heavy (non-hydrogen) atoms. The molecule has 0 aliphatic heterocycles. The second-order valence-corrected chi connectivity index (χ2v) is 8.83. The third-order valence-corrected chi connectivity index (χ3v) is 5.84. The summed E-state index contributed by atoms with van der Waals surface area (Å²) >= 11 is 0. The highest BCUT2D eigenvalue weighted by atomic mass is 16.4. The average Bonchev–Trinajstić information content (AvgIpc) is 2.98. The molecule has 0 bridgehead atoms. The Balaban J connectivity index is 2.17. The van der Waals surface area contributed by atoms with Crippen LogP contribution in [0, 0.1) is 0 Å². The van der Waals surface area contributed by atoms with E-state index in [0.29, 0.717) is 47.1 Å². The minimum absolute atomic E-state index is 0.0451. The largest absolute Gasteiger partial charge is 0.478 e. The Morgan fingerprint density at radius 1 is 0.812 bits per heavy atom. The van der Waals surface area contributed by atoms with Gasteiger partial charge in [0, 0.05) is 11.1 Å². The number of carbonyl (C=O) groups is 3. The predicted octanol–water partition coefficient (Wildman–Crippen LogP) is 3.28. The fourth-order valence-electron chi connectivity index (χ4n) is 4.38. The average molecular weight is 439 g/mol. The van der Waals surface area contributed by atoms with Gasteiger partial charge in [0.2, 0.25) is 0 Å². The second kappa shape index (κ2) is 9.63. The van der Waals surface area contributed by atoms with Crippen LogP contribution in [0.25, 0.3) is 11.1 Å². The lowest BCUT2D eigenvalue weighted by atomic mass is 9.87. The lowest BCUT2D eigenvalue weighted by molar-refractivity contribution is 0.0684. The first kappa shape index (κ1) is 23.6. The number of rotatable bonds is 10. The molecule has 0 saturated heterocycles. The second-order valence-electron chi connectivity index (χ2n) is 8.83. The summed E-state index contributed by atoms with van der Waals surface area (Å²) in [6.07, 6.45) is 2.56. The van der Waals surface area contributed by atoms with Crippen LogP contribution in [0.1, 0.15) is 60.6 Å². The SMILES string of the molecule is CN(C)CCCc1cc2c(c(CCCN(C)C)c1C(=O)O)C(=O)c1cc(C(=O)O)ccc1-2. The van der Waals surface area contributed by atoms with E-state index in [1.807, 2.05) is 39.2 Å². The third kappa shape index (κ3) is 4.74. The van der Waals surface area contributed by atoms with Crippen molar-refractivity contribution in [1.29, 1.82) is 0 Å². The molecule has 0 saturated carbocycles. The zero-order chi connectivity index (χ0) is 23.6. The lowest BCUT2D eigenvalue weighted by Gasteiger charge is -2.18. The van der Waals surface area contributed by atoms with Crippen LogP contribution in [0.4, 0.5) is 0 Å². The summed E-state index contributed by atoms with van der Waals surface area (Å²) in [6.45, 7) is 1.59. The van der Waals surface area contributed by atoms with E-state index in [0.717, 1.165) is 25.1 Å². The van der Waals surface area contributed by atoms with Gasteiger partial charge in [0.05, 0.1) is 11.1 Å². The topological polar surface area (TPSA) is 98.2 Å². The van der Waals surface area contributed by atoms with Gasteiger partial charge in [0.25, 0.3) is 0 Å². The van der Waals surface area contributed by atoms with Crippen molar-refractivity contribution in [2.24, 2.45) is 0 Å². The van der Waals surface area contributed by atoms with E-state index in [-0.39, 0.29) is 16.9 Å². The minimum Gasteiger partial charge on any atom is -0.478 e. The molecule has 2 aromatic carbocycles. The van der Waals surface area contributed by atoms with Gasteiger partial charge in [-0.2, -0.15) is 0 Å². The predicted molar refractivity (Wildman–Crippen MR) is 123 cm³/mol. The maximum absolute atomic E-state index is 13.4. The fraction of sp³-hybridized carbons (Fsp3) is 0.400. The number of nitrogens with zero attached hydrogens (tertiary/aromatic N) is 2. The van der Waals surface area contributed by atoms with E-state index in [9.17, 15) is 24.6 Å². The summed E-state index contributed by atoms with van der Waals surface area (Å²) in [5.41, 5.74) is 3.69. The molecule has 0 radical (unpaired) electrons. The molecule has 1 aliphatic carbocycles. The number of ketones is 1. The van der Waals surface area contributed by atoms with E-state index in [1.165, 1.54) is 12.1 Å². The summed E-state index contributed by atoms with van der Waals surface area (Å²) in [5, 5.41) is 19.5. The van der Waals surface area contributed by atoms with Crippen molar-refractivity contribution in [3.63, 3.8) is 0 Å². The molecular formula is C25H30N2O5.